The van der Waals surface area contributed by atoms with E-state index in [0.717, 1.165) is 0 Å². The van der Waals surface area contributed by atoms with Gasteiger partial charge in [-0.15, -0.1) is 10.2 Å². The van der Waals surface area contributed by atoms with E-state index in [0.29, 0.717) is 46.3 Å². The van der Waals surface area contributed by atoms with Gasteiger partial charge in [0.25, 0.3) is 6.43 Å². The van der Waals surface area contributed by atoms with Gasteiger partial charge in [-0.2, -0.15) is 9.98 Å². The average Bonchev–Trinajstić information content (AvgIpc) is 3.32. The molecule has 1 aromatic carbocycles. The summed E-state index contributed by atoms with van der Waals surface area (Å²) < 4.78 is 80.8. The second-order valence-corrected chi connectivity index (χ2v) is 14.0. The first kappa shape index (κ1) is 25.0. The molecule has 38 heavy (non-hydrogen) atoms. The summed E-state index contributed by atoms with van der Waals surface area (Å²) in [4.78, 5) is 10.4. The molecular weight excluding hydrogens is 562 g/mol. The maximum atomic E-state index is 13.3. The summed E-state index contributed by atoms with van der Waals surface area (Å²) in [5, 5.41) is 17.3. The first-order valence-electron chi connectivity index (χ1n) is 11.3. The molecule has 2 fully saturated rings. The molecule has 6 rings (SSSR count). The number of nitrogens with one attached hydrogen (secondary N) is 1. The van der Waals surface area contributed by atoms with Crippen LogP contribution in [0.1, 0.15) is 24.3 Å². The molecule has 0 spiro atoms. The van der Waals surface area contributed by atoms with E-state index in [1.807, 2.05) is 6.07 Å². The number of nitriles is 1. The topological polar surface area (TPSA) is 164 Å². The van der Waals surface area contributed by atoms with E-state index in [9.17, 15) is 30.9 Å². The van der Waals surface area contributed by atoms with Crippen molar-refractivity contribution in [1.82, 2.24) is 29.5 Å². The molecular formula is C21H18F2N8O4S3. The molecule has 1 N–H and O–H groups in total. The number of hydrogen-bond donors (Lipinski definition) is 1. The lowest BCUT2D eigenvalue weighted by molar-refractivity contribution is 0.150. The Morgan fingerprint density at radius 1 is 1.16 bits per heavy atom. The number of hydrogen-bond acceptors (Lipinski definition) is 11. The van der Waals surface area contributed by atoms with Crippen LogP contribution in [0.5, 0.6) is 0 Å². The quantitative estimate of drug-likeness (QED) is 0.356. The van der Waals surface area contributed by atoms with Gasteiger partial charge in [0.15, 0.2) is 20.5 Å². The van der Waals surface area contributed by atoms with Crippen LogP contribution in [-0.2, 0) is 19.9 Å². The van der Waals surface area contributed by atoms with E-state index in [4.69, 9.17) is 0 Å². The zero-order valence-electron chi connectivity index (χ0n) is 19.4. The normalized spacial score (nSPS) is 18.7. The fourth-order valence-electron chi connectivity index (χ4n) is 4.41. The van der Waals surface area contributed by atoms with Gasteiger partial charge in [-0.3, -0.25) is 4.57 Å². The minimum atomic E-state index is -4.10. The van der Waals surface area contributed by atoms with Gasteiger partial charge in [0, 0.05) is 18.5 Å². The van der Waals surface area contributed by atoms with Gasteiger partial charge in [0.05, 0.1) is 33.4 Å². The highest BCUT2D eigenvalue weighted by atomic mass is 32.2. The Hall–Kier alpha value is -3.33. The fourth-order valence-corrected chi connectivity index (χ4v) is 7.72. The van der Waals surface area contributed by atoms with Crippen molar-refractivity contribution in [3.63, 3.8) is 0 Å². The van der Waals surface area contributed by atoms with Crippen molar-refractivity contribution in [2.75, 3.05) is 29.5 Å². The molecule has 12 nitrogen and oxygen atoms in total. The summed E-state index contributed by atoms with van der Waals surface area (Å²) in [6.07, 6.45) is -0.780. The summed E-state index contributed by atoms with van der Waals surface area (Å²) in [5.74, 6) is 0.322. The molecule has 0 unspecified atom stereocenters. The molecule has 17 heteroatoms. The van der Waals surface area contributed by atoms with E-state index in [1.165, 1.54) is 23.0 Å². The number of fused-ring (bicyclic) bond motifs is 3. The van der Waals surface area contributed by atoms with Crippen LogP contribution in [-0.4, -0.2) is 71.7 Å². The van der Waals surface area contributed by atoms with Crippen LogP contribution < -0.4 is 9.62 Å². The number of rotatable bonds is 6. The summed E-state index contributed by atoms with van der Waals surface area (Å²) in [6, 6.07) is 6.28. The SMILES string of the molecule is N#CC1(NS(=O)(=O)c2ccc3c4c(N5CCS(=O)(=O)CC5)ncnc4n(-c4nnc(C(F)F)s4)c3c2)CC1. The van der Waals surface area contributed by atoms with Crippen molar-refractivity contribution in [3.8, 4) is 11.2 Å². The Balaban J connectivity index is 1.57. The maximum Gasteiger partial charge on any atom is 0.291 e. The van der Waals surface area contributed by atoms with Gasteiger partial charge in [0.1, 0.15) is 17.7 Å². The second-order valence-electron chi connectivity index (χ2n) is 9.07. The monoisotopic (exact) mass is 580 g/mol. The minimum Gasteiger partial charge on any atom is -0.354 e. The van der Waals surface area contributed by atoms with Crippen LogP contribution in [0.25, 0.3) is 27.1 Å². The third-order valence-corrected chi connectivity index (χ3v) is 10.6. The van der Waals surface area contributed by atoms with Crippen LogP contribution >= 0.6 is 11.3 Å². The lowest BCUT2D eigenvalue weighted by Crippen LogP contribution is -2.40. The number of alkyl halides is 2. The van der Waals surface area contributed by atoms with Crippen molar-refractivity contribution in [2.24, 2.45) is 0 Å². The first-order chi connectivity index (χ1) is 18.0. The Kier molecular flexibility index (Phi) is 5.65. The van der Waals surface area contributed by atoms with Crippen LogP contribution in [0.4, 0.5) is 14.6 Å². The maximum absolute atomic E-state index is 13.3. The van der Waals surface area contributed by atoms with E-state index in [-0.39, 0.29) is 40.3 Å². The number of aromatic nitrogens is 5. The number of nitrogens with zero attached hydrogens (tertiary/aromatic N) is 7. The molecule has 1 aliphatic carbocycles. The number of sulfonamides is 1. The van der Waals surface area contributed by atoms with Crippen molar-refractivity contribution in [1.29, 1.82) is 5.26 Å². The largest absolute Gasteiger partial charge is 0.354 e. The highest BCUT2D eigenvalue weighted by Crippen LogP contribution is 2.40. The Morgan fingerprint density at radius 3 is 2.53 bits per heavy atom. The summed E-state index contributed by atoms with van der Waals surface area (Å²) >= 11 is 0.636. The molecule has 4 heterocycles. The van der Waals surface area contributed by atoms with E-state index in [1.54, 1.807) is 11.0 Å². The third kappa shape index (κ3) is 4.17. The number of anilines is 1. The molecule has 0 atom stereocenters. The Morgan fingerprint density at radius 2 is 1.89 bits per heavy atom. The highest BCUT2D eigenvalue weighted by Gasteiger charge is 2.47. The number of sulfone groups is 1. The first-order valence-corrected chi connectivity index (χ1v) is 15.5. The minimum absolute atomic E-state index is 0.0457. The van der Waals surface area contributed by atoms with Gasteiger partial charge in [-0.05, 0) is 25.0 Å². The van der Waals surface area contributed by atoms with Crippen molar-refractivity contribution >= 4 is 59.0 Å². The van der Waals surface area contributed by atoms with Crippen LogP contribution in [0.2, 0.25) is 0 Å². The fraction of sp³-hybridized carbons (Fsp3) is 0.381. The van der Waals surface area contributed by atoms with Gasteiger partial charge < -0.3 is 4.90 Å². The van der Waals surface area contributed by atoms with Gasteiger partial charge in [-0.1, -0.05) is 17.4 Å². The molecule has 1 saturated heterocycles. The standard InChI is InChI=1S/C21H18F2N8O4S3/c22-16(23)19-27-28-20(36-19)31-14-9-12(38(34,35)29-21(10-24)3-4-21)1-2-13(14)15-17(25-11-26-18(15)31)30-5-7-37(32,33)8-6-30/h1-2,9,11,16,29H,3-8H2. The zero-order valence-corrected chi connectivity index (χ0v) is 21.8. The van der Waals surface area contributed by atoms with Crippen molar-refractivity contribution < 1.29 is 25.6 Å². The van der Waals surface area contributed by atoms with E-state index >= 15 is 0 Å². The summed E-state index contributed by atoms with van der Waals surface area (Å²) in [6.45, 7) is 0.393. The van der Waals surface area contributed by atoms with E-state index < -0.39 is 36.8 Å². The molecule has 0 radical (unpaired) electrons. The van der Waals surface area contributed by atoms with Crippen LogP contribution in [0.15, 0.2) is 29.4 Å². The molecule has 3 aromatic heterocycles. The van der Waals surface area contributed by atoms with E-state index in [2.05, 4.69) is 24.9 Å². The predicted octanol–water partition coefficient (Wildman–Crippen LogP) is 1.93. The molecule has 1 aliphatic heterocycles. The Labute approximate surface area is 218 Å². The second kappa shape index (κ2) is 8.59. The number of benzene rings is 1. The summed E-state index contributed by atoms with van der Waals surface area (Å²) in [7, 11) is -7.27. The third-order valence-electron chi connectivity index (χ3n) is 6.55. The van der Waals surface area contributed by atoms with Crippen molar-refractivity contribution in [3.05, 3.63) is 29.5 Å². The lowest BCUT2D eigenvalue weighted by atomic mass is 10.2. The lowest BCUT2D eigenvalue weighted by Gasteiger charge is -2.28. The Bertz CT molecular complexity index is 1850. The molecule has 0 bridgehead atoms. The molecule has 198 valence electrons. The smallest absolute Gasteiger partial charge is 0.291 e. The van der Waals surface area contributed by atoms with Gasteiger partial charge in [0.2, 0.25) is 15.2 Å². The van der Waals surface area contributed by atoms with Crippen LogP contribution in [0, 0.1) is 11.3 Å². The predicted molar refractivity (Wildman–Crippen MR) is 134 cm³/mol. The summed E-state index contributed by atoms with van der Waals surface area (Å²) in [5.41, 5.74) is -0.569. The van der Waals surface area contributed by atoms with Crippen LogP contribution in [0.3, 0.4) is 0 Å². The molecule has 4 aromatic rings. The van der Waals surface area contributed by atoms with Gasteiger partial charge in [-0.25, -0.2) is 35.6 Å². The zero-order chi connectivity index (χ0) is 26.9. The molecule has 2 aliphatic rings. The van der Waals surface area contributed by atoms with Gasteiger partial charge >= 0.3 is 0 Å². The molecule has 0 amide bonds. The van der Waals surface area contributed by atoms with Crippen molar-refractivity contribution in [2.45, 2.75) is 29.7 Å². The number of halogens is 2. The molecule has 1 saturated carbocycles. The highest BCUT2D eigenvalue weighted by molar-refractivity contribution is 7.91. The average molecular weight is 581 g/mol.